The summed E-state index contributed by atoms with van der Waals surface area (Å²) >= 11 is 0. The van der Waals surface area contributed by atoms with Gasteiger partial charge in [0.1, 0.15) is 5.82 Å². The molecule has 0 spiro atoms. The van der Waals surface area contributed by atoms with E-state index in [0.717, 1.165) is 25.2 Å². The molecule has 2 amide bonds. The maximum absolute atomic E-state index is 14.6. The highest BCUT2D eigenvalue weighted by Gasteiger charge is 2.28. The number of halogens is 1. The fourth-order valence-corrected chi connectivity index (χ4v) is 4.94. The second kappa shape index (κ2) is 9.88. The minimum Gasteiger partial charge on any atom is -0.361 e. The van der Waals surface area contributed by atoms with E-state index in [-0.39, 0.29) is 17.6 Å². The van der Waals surface area contributed by atoms with Crippen molar-refractivity contribution in [2.75, 3.05) is 31.5 Å². The van der Waals surface area contributed by atoms with Gasteiger partial charge in [-0.25, -0.2) is 4.39 Å². The lowest BCUT2D eigenvalue weighted by atomic mass is 9.94. The molecular weight excluding hydrogens is 443 g/mol. The molecule has 3 heterocycles. The standard InChI is InChI=1S/C28H29FN4O2/c1-18-22(27(34)30-12-15-33-13-5-2-6-14-33)17-31-25(18)16-21-26-20(19-8-3-4-10-23(19)29)9-7-11-24(26)32-28(21)35/h3-4,7-11,16-17,31H,2,5-6,12-15H2,1H3,(H,30,34)(H,32,35). The Kier molecular flexibility index (Phi) is 6.51. The van der Waals surface area contributed by atoms with Crippen LogP contribution in [0.4, 0.5) is 10.1 Å². The van der Waals surface area contributed by atoms with Gasteiger partial charge in [0.2, 0.25) is 0 Å². The van der Waals surface area contributed by atoms with E-state index in [9.17, 15) is 14.0 Å². The minimum atomic E-state index is -0.348. The molecule has 0 bridgehead atoms. The first-order valence-electron chi connectivity index (χ1n) is 12.1. The summed E-state index contributed by atoms with van der Waals surface area (Å²) in [4.78, 5) is 31.2. The fourth-order valence-electron chi connectivity index (χ4n) is 4.94. The third kappa shape index (κ3) is 4.64. The van der Waals surface area contributed by atoms with Gasteiger partial charge in [-0.15, -0.1) is 0 Å². The molecule has 0 radical (unpaired) electrons. The predicted molar refractivity (Wildman–Crippen MR) is 136 cm³/mol. The van der Waals surface area contributed by atoms with Crippen LogP contribution in [0.1, 0.15) is 46.4 Å². The number of amides is 2. The number of aromatic amines is 1. The van der Waals surface area contributed by atoms with Crippen molar-refractivity contribution in [1.29, 1.82) is 0 Å². The van der Waals surface area contributed by atoms with Gasteiger partial charge < -0.3 is 20.5 Å². The Morgan fingerprint density at radius 3 is 2.66 bits per heavy atom. The number of hydrogen-bond acceptors (Lipinski definition) is 3. The molecule has 6 nitrogen and oxygen atoms in total. The van der Waals surface area contributed by atoms with E-state index in [1.54, 1.807) is 42.6 Å². The number of carbonyl (C=O) groups is 2. The van der Waals surface area contributed by atoms with Crippen LogP contribution < -0.4 is 10.6 Å². The summed E-state index contributed by atoms with van der Waals surface area (Å²) in [6, 6.07) is 12.0. The van der Waals surface area contributed by atoms with Crippen molar-refractivity contribution in [2.24, 2.45) is 0 Å². The third-order valence-corrected chi connectivity index (χ3v) is 6.87. The van der Waals surface area contributed by atoms with Crippen LogP contribution in [0.3, 0.4) is 0 Å². The monoisotopic (exact) mass is 472 g/mol. The number of nitrogens with one attached hydrogen (secondary N) is 3. The van der Waals surface area contributed by atoms with Crippen LogP contribution in [-0.2, 0) is 4.79 Å². The Morgan fingerprint density at radius 2 is 1.86 bits per heavy atom. The number of likely N-dealkylation sites (tertiary alicyclic amines) is 1. The number of piperidine rings is 1. The normalized spacial score (nSPS) is 16.9. The molecule has 1 saturated heterocycles. The molecule has 5 rings (SSSR count). The summed E-state index contributed by atoms with van der Waals surface area (Å²) in [5.74, 6) is -0.742. The molecule has 2 aromatic carbocycles. The fraction of sp³-hybridized carbons (Fsp3) is 0.286. The second-order valence-electron chi connectivity index (χ2n) is 9.12. The van der Waals surface area contributed by atoms with Gasteiger partial charge in [-0.2, -0.15) is 0 Å². The van der Waals surface area contributed by atoms with E-state index >= 15 is 0 Å². The maximum atomic E-state index is 14.6. The van der Waals surface area contributed by atoms with E-state index in [0.29, 0.717) is 45.8 Å². The zero-order valence-corrected chi connectivity index (χ0v) is 19.8. The number of H-pyrrole nitrogens is 1. The van der Waals surface area contributed by atoms with Gasteiger partial charge in [0.15, 0.2) is 0 Å². The second-order valence-corrected chi connectivity index (χ2v) is 9.12. The van der Waals surface area contributed by atoms with Crippen molar-refractivity contribution in [3.05, 3.63) is 76.9 Å². The van der Waals surface area contributed by atoms with E-state index in [1.165, 1.54) is 25.3 Å². The number of anilines is 1. The summed E-state index contributed by atoms with van der Waals surface area (Å²) in [7, 11) is 0. The third-order valence-electron chi connectivity index (χ3n) is 6.87. The Labute approximate surface area is 204 Å². The highest BCUT2D eigenvalue weighted by Crippen LogP contribution is 2.41. The number of benzene rings is 2. The highest BCUT2D eigenvalue weighted by atomic mass is 19.1. The number of carbonyl (C=O) groups excluding carboxylic acids is 2. The lowest BCUT2D eigenvalue weighted by molar-refractivity contribution is -0.110. The molecule has 0 atom stereocenters. The first-order chi connectivity index (χ1) is 17.0. The quantitative estimate of drug-likeness (QED) is 0.450. The molecule has 0 unspecified atom stereocenters. The Hall–Kier alpha value is -3.71. The molecule has 180 valence electrons. The van der Waals surface area contributed by atoms with E-state index < -0.39 is 0 Å². The van der Waals surface area contributed by atoms with Gasteiger partial charge in [-0.3, -0.25) is 9.59 Å². The number of fused-ring (bicyclic) bond motifs is 1. The van der Waals surface area contributed by atoms with Crippen LogP contribution in [-0.4, -0.2) is 47.9 Å². The van der Waals surface area contributed by atoms with Gasteiger partial charge in [-0.05, 0) is 62.2 Å². The summed E-state index contributed by atoms with van der Waals surface area (Å²) in [5, 5.41) is 5.89. The number of rotatable bonds is 6. The van der Waals surface area contributed by atoms with Crippen LogP contribution in [0.5, 0.6) is 0 Å². The van der Waals surface area contributed by atoms with Gasteiger partial charge in [0, 0.05) is 41.8 Å². The number of aromatic nitrogens is 1. The van der Waals surface area contributed by atoms with Crippen LogP contribution in [0.15, 0.2) is 48.7 Å². The summed E-state index contributed by atoms with van der Waals surface area (Å²) < 4.78 is 14.6. The van der Waals surface area contributed by atoms with Crippen LogP contribution >= 0.6 is 0 Å². The molecule has 35 heavy (non-hydrogen) atoms. The van der Waals surface area contributed by atoms with Crippen LogP contribution in [0, 0.1) is 12.7 Å². The number of nitrogens with zero attached hydrogens (tertiary/aromatic N) is 1. The van der Waals surface area contributed by atoms with Gasteiger partial charge in [0.25, 0.3) is 11.8 Å². The van der Waals surface area contributed by atoms with Gasteiger partial charge in [0.05, 0.1) is 11.1 Å². The van der Waals surface area contributed by atoms with E-state index in [4.69, 9.17) is 0 Å². The van der Waals surface area contributed by atoms with Crippen molar-refractivity contribution in [3.8, 4) is 11.1 Å². The molecule has 3 N–H and O–H groups in total. The van der Waals surface area contributed by atoms with Crippen molar-refractivity contribution >= 4 is 29.2 Å². The molecular formula is C28H29FN4O2. The van der Waals surface area contributed by atoms with Crippen molar-refractivity contribution in [1.82, 2.24) is 15.2 Å². The lowest BCUT2D eigenvalue weighted by Gasteiger charge is -2.26. The van der Waals surface area contributed by atoms with E-state index in [2.05, 4.69) is 20.5 Å². The molecule has 3 aromatic rings. The van der Waals surface area contributed by atoms with Crippen molar-refractivity contribution in [2.45, 2.75) is 26.2 Å². The zero-order chi connectivity index (χ0) is 24.4. The average Bonchev–Trinajstić information content (AvgIpc) is 3.39. The smallest absolute Gasteiger partial charge is 0.256 e. The van der Waals surface area contributed by atoms with Gasteiger partial charge in [-0.1, -0.05) is 36.8 Å². The van der Waals surface area contributed by atoms with Crippen LogP contribution in [0.25, 0.3) is 22.8 Å². The number of hydrogen-bond donors (Lipinski definition) is 3. The Balaban J connectivity index is 1.39. The Morgan fingerprint density at radius 1 is 1.09 bits per heavy atom. The summed E-state index contributed by atoms with van der Waals surface area (Å²) in [6.07, 6.45) is 7.14. The molecule has 1 aromatic heterocycles. The molecule has 7 heteroatoms. The molecule has 1 fully saturated rings. The SMILES string of the molecule is Cc1c(C(=O)NCCN2CCCCC2)c[nH]c1C=C1C(=O)Nc2cccc(-c3ccccc3F)c21. The average molecular weight is 473 g/mol. The minimum absolute atomic E-state index is 0.135. The first-order valence-corrected chi connectivity index (χ1v) is 12.1. The molecule has 2 aliphatic rings. The first kappa shape index (κ1) is 23.1. The molecule has 0 aliphatic carbocycles. The summed E-state index contributed by atoms with van der Waals surface area (Å²) in [5.41, 5.74) is 4.79. The topological polar surface area (TPSA) is 77.2 Å². The molecule has 0 saturated carbocycles. The van der Waals surface area contributed by atoms with Crippen molar-refractivity contribution < 1.29 is 14.0 Å². The van der Waals surface area contributed by atoms with E-state index in [1.807, 2.05) is 13.0 Å². The van der Waals surface area contributed by atoms with Gasteiger partial charge >= 0.3 is 0 Å². The lowest BCUT2D eigenvalue weighted by Crippen LogP contribution is -2.37. The van der Waals surface area contributed by atoms with Crippen molar-refractivity contribution in [3.63, 3.8) is 0 Å². The largest absolute Gasteiger partial charge is 0.361 e. The Bertz CT molecular complexity index is 1300. The summed E-state index contributed by atoms with van der Waals surface area (Å²) in [6.45, 7) is 5.49. The predicted octanol–water partition coefficient (Wildman–Crippen LogP) is 4.84. The maximum Gasteiger partial charge on any atom is 0.256 e. The van der Waals surface area contributed by atoms with Crippen LogP contribution in [0.2, 0.25) is 0 Å². The molecule has 2 aliphatic heterocycles. The highest BCUT2D eigenvalue weighted by molar-refractivity contribution is 6.36. The zero-order valence-electron chi connectivity index (χ0n) is 19.8.